The van der Waals surface area contributed by atoms with Gasteiger partial charge in [-0.2, -0.15) is 0 Å². The van der Waals surface area contributed by atoms with E-state index >= 15 is 0 Å². The molecule has 3 nitrogen and oxygen atoms in total. The average Bonchev–Trinajstić information content (AvgIpc) is 2.83. The summed E-state index contributed by atoms with van der Waals surface area (Å²) in [6.45, 7) is 0. The van der Waals surface area contributed by atoms with Gasteiger partial charge in [-0.15, -0.1) is 11.3 Å². The van der Waals surface area contributed by atoms with Gasteiger partial charge in [-0.3, -0.25) is 4.21 Å². The Kier molecular flexibility index (Phi) is 3.31. The highest BCUT2D eigenvalue weighted by molar-refractivity contribution is 7.84. The Hall–Kier alpha value is -1.72. The third-order valence-electron chi connectivity index (χ3n) is 2.86. The quantitative estimate of drug-likeness (QED) is 0.805. The normalized spacial score (nSPS) is 12.6. The zero-order valence-electron chi connectivity index (χ0n) is 10.1. The standard InChI is InChI=1S/C14H12N2OS2/c15-12-5-3-7-16-14(12)19(17)9-10-8-18-13-6-2-1-4-11(10)13/h1-8H,9,15H2. The van der Waals surface area contributed by atoms with Crippen molar-refractivity contribution >= 4 is 37.9 Å². The summed E-state index contributed by atoms with van der Waals surface area (Å²) in [4.78, 5) is 4.12. The van der Waals surface area contributed by atoms with Crippen LogP contribution in [0.25, 0.3) is 10.1 Å². The van der Waals surface area contributed by atoms with Crippen LogP contribution in [0, 0.1) is 0 Å². The van der Waals surface area contributed by atoms with Crippen LogP contribution in [0.1, 0.15) is 5.56 Å². The molecule has 2 aromatic heterocycles. The van der Waals surface area contributed by atoms with Gasteiger partial charge in [0.1, 0.15) is 5.03 Å². The van der Waals surface area contributed by atoms with E-state index in [2.05, 4.69) is 22.5 Å². The van der Waals surface area contributed by atoms with Crippen LogP contribution >= 0.6 is 11.3 Å². The van der Waals surface area contributed by atoms with Crippen molar-refractivity contribution in [1.82, 2.24) is 4.98 Å². The Morgan fingerprint density at radius 3 is 2.89 bits per heavy atom. The lowest BCUT2D eigenvalue weighted by Gasteiger charge is -2.03. The Labute approximate surface area is 117 Å². The molecule has 3 aromatic rings. The third kappa shape index (κ3) is 2.39. The molecule has 2 heterocycles. The second-order valence-electron chi connectivity index (χ2n) is 4.14. The topological polar surface area (TPSA) is 56.0 Å². The van der Waals surface area contributed by atoms with E-state index in [1.54, 1.807) is 29.7 Å². The van der Waals surface area contributed by atoms with Gasteiger partial charge in [0.15, 0.2) is 0 Å². The molecule has 1 unspecified atom stereocenters. The summed E-state index contributed by atoms with van der Waals surface area (Å²) in [7, 11) is -1.21. The molecule has 0 bridgehead atoms. The number of hydrogen-bond acceptors (Lipinski definition) is 4. The van der Waals surface area contributed by atoms with Crippen molar-refractivity contribution in [2.75, 3.05) is 5.73 Å². The van der Waals surface area contributed by atoms with E-state index in [1.807, 2.05) is 12.1 Å². The molecule has 2 N–H and O–H groups in total. The first kappa shape index (κ1) is 12.3. The molecule has 19 heavy (non-hydrogen) atoms. The van der Waals surface area contributed by atoms with Gasteiger partial charge in [0.2, 0.25) is 0 Å². The van der Waals surface area contributed by atoms with E-state index in [4.69, 9.17) is 5.73 Å². The fourth-order valence-electron chi connectivity index (χ4n) is 1.95. The number of rotatable bonds is 3. The van der Waals surface area contributed by atoms with Crippen molar-refractivity contribution in [2.45, 2.75) is 10.8 Å². The number of nitrogens with zero attached hydrogens (tertiary/aromatic N) is 1. The van der Waals surface area contributed by atoms with Crippen LogP contribution in [0.2, 0.25) is 0 Å². The number of fused-ring (bicyclic) bond motifs is 1. The number of benzene rings is 1. The summed E-state index contributed by atoms with van der Waals surface area (Å²) in [5.41, 5.74) is 7.38. The lowest BCUT2D eigenvalue weighted by Crippen LogP contribution is -2.02. The van der Waals surface area contributed by atoms with Crippen LogP contribution in [0.4, 0.5) is 5.69 Å². The number of hydrogen-bond donors (Lipinski definition) is 1. The molecule has 96 valence electrons. The SMILES string of the molecule is Nc1cccnc1S(=O)Cc1csc2ccccc12. The van der Waals surface area contributed by atoms with Gasteiger partial charge in [0.05, 0.1) is 22.2 Å². The Morgan fingerprint density at radius 2 is 2.05 bits per heavy atom. The molecule has 0 amide bonds. The maximum absolute atomic E-state index is 12.3. The van der Waals surface area contributed by atoms with Crippen molar-refractivity contribution in [3.63, 3.8) is 0 Å². The number of pyridine rings is 1. The molecule has 0 aliphatic rings. The average molecular weight is 288 g/mol. The molecule has 0 aliphatic carbocycles. The molecule has 3 rings (SSSR count). The van der Waals surface area contributed by atoms with Gasteiger partial charge in [-0.1, -0.05) is 18.2 Å². The van der Waals surface area contributed by atoms with Crippen LogP contribution in [0.5, 0.6) is 0 Å². The van der Waals surface area contributed by atoms with Gasteiger partial charge in [0.25, 0.3) is 0 Å². The van der Waals surface area contributed by atoms with Gasteiger partial charge >= 0.3 is 0 Å². The predicted molar refractivity (Wildman–Crippen MR) is 80.6 cm³/mol. The summed E-state index contributed by atoms with van der Waals surface area (Å²) in [5.74, 6) is 0.450. The lowest BCUT2D eigenvalue weighted by atomic mass is 10.2. The third-order valence-corrected chi connectivity index (χ3v) is 5.22. The first-order valence-corrected chi connectivity index (χ1v) is 7.99. The minimum absolute atomic E-state index is 0.450. The minimum atomic E-state index is -1.21. The molecule has 0 fully saturated rings. The molecule has 1 aromatic carbocycles. The molecule has 0 saturated heterocycles. The number of nitrogen functional groups attached to an aromatic ring is 1. The van der Waals surface area contributed by atoms with Crippen molar-refractivity contribution in [3.05, 3.63) is 53.5 Å². The number of aromatic nitrogens is 1. The van der Waals surface area contributed by atoms with Gasteiger partial charge in [-0.25, -0.2) is 4.98 Å². The Morgan fingerprint density at radius 1 is 1.21 bits per heavy atom. The molecule has 0 aliphatic heterocycles. The fourth-order valence-corrected chi connectivity index (χ4v) is 4.18. The Balaban J connectivity index is 1.94. The summed E-state index contributed by atoms with van der Waals surface area (Å²) in [6.07, 6.45) is 1.62. The summed E-state index contributed by atoms with van der Waals surface area (Å²) in [5, 5.41) is 3.69. The minimum Gasteiger partial charge on any atom is -0.396 e. The van der Waals surface area contributed by atoms with Gasteiger partial charge in [-0.05, 0) is 34.5 Å². The van der Waals surface area contributed by atoms with Crippen LogP contribution in [0.3, 0.4) is 0 Å². The molecule has 0 saturated carbocycles. The maximum atomic E-state index is 12.3. The summed E-state index contributed by atoms with van der Waals surface area (Å²) in [6, 6.07) is 11.6. The summed E-state index contributed by atoms with van der Waals surface area (Å²) < 4.78 is 13.6. The molecule has 1 atom stereocenters. The largest absolute Gasteiger partial charge is 0.396 e. The highest BCUT2D eigenvalue weighted by Gasteiger charge is 2.12. The highest BCUT2D eigenvalue weighted by atomic mass is 32.2. The molecular weight excluding hydrogens is 276 g/mol. The zero-order valence-corrected chi connectivity index (χ0v) is 11.7. The van der Waals surface area contributed by atoms with Gasteiger partial charge in [0, 0.05) is 10.9 Å². The molecule has 0 spiro atoms. The second-order valence-corrected chi connectivity index (χ2v) is 6.42. The molecule has 0 radical (unpaired) electrons. The van der Waals surface area contributed by atoms with Crippen molar-refractivity contribution in [2.24, 2.45) is 0 Å². The van der Waals surface area contributed by atoms with E-state index in [1.165, 1.54) is 4.70 Å². The van der Waals surface area contributed by atoms with Crippen molar-refractivity contribution in [3.8, 4) is 0 Å². The molecule has 5 heteroatoms. The lowest BCUT2D eigenvalue weighted by molar-refractivity contribution is 0.680. The van der Waals surface area contributed by atoms with Crippen molar-refractivity contribution < 1.29 is 4.21 Å². The predicted octanol–water partition coefficient (Wildman–Crippen LogP) is 3.19. The van der Waals surface area contributed by atoms with Crippen LogP contribution in [0.15, 0.2) is 53.0 Å². The van der Waals surface area contributed by atoms with Crippen LogP contribution in [-0.4, -0.2) is 9.19 Å². The van der Waals surface area contributed by atoms with Crippen LogP contribution in [-0.2, 0) is 16.6 Å². The number of nitrogens with two attached hydrogens (primary N) is 1. The number of thiophene rings is 1. The van der Waals surface area contributed by atoms with E-state index in [0.29, 0.717) is 16.5 Å². The van der Waals surface area contributed by atoms with Crippen molar-refractivity contribution in [1.29, 1.82) is 0 Å². The van der Waals surface area contributed by atoms with E-state index in [9.17, 15) is 4.21 Å². The smallest absolute Gasteiger partial charge is 0.150 e. The molecular formula is C14H12N2OS2. The first-order valence-electron chi connectivity index (χ1n) is 5.79. The number of anilines is 1. The fraction of sp³-hybridized carbons (Fsp3) is 0.0714. The summed E-state index contributed by atoms with van der Waals surface area (Å²) >= 11 is 1.67. The second kappa shape index (κ2) is 5.11. The monoisotopic (exact) mass is 288 g/mol. The zero-order chi connectivity index (χ0) is 13.2. The van der Waals surface area contributed by atoms with Gasteiger partial charge < -0.3 is 5.73 Å². The van der Waals surface area contributed by atoms with E-state index in [0.717, 1.165) is 10.9 Å². The van der Waals surface area contributed by atoms with Crippen LogP contribution < -0.4 is 5.73 Å². The Bertz CT molecular complexity index is 752. The highest BCUT2D eigenvalue weighted by Crippen LogP contribution is 2.28. The maximum Gasteiger partial charge on any atom is 0.150 e. The van der Waals surface area contributed by atoms with E-state index < -0.39 is 10.8 Å². The first-order chi connectivity index (χ1) is 9.25. The van der Waals surface area contributed by atoms with E-state index in [-0.39, 0.29) is 0 Å².